The number of Topliss-reactive ketones (excluding diaryl/α,β-unsaturated/α-hetero) is 1. The highest BCUT2D eigenvalue weighted by atomic mass is 16.5. The number of rotatable bonds is 8. The molecule has 0 bridgehead atoms. The molecule has 176 valence electrons. The number of ketones is 1. The number of nitrogens with two attached hydrogens (primary N) is 1. The van der Waals surface area contributed by atoms with Gasteiger partial charge in [0.1, 0.15) is 12.5 Å². The van der Waals surface area contributed by atoms with Crippen molar-refractivity contribution in [1.29, 1.82) is 0 Å². The second kappa shape index (κ2) is 19.3. The van der Waals surface area contributed by atoms with E-state index < -0.39 is 0 Å². The number of nitrogens with zero attached hydrogens (tertiary/aromatic N) is 1. The van der Waals surface area contributed by atoms with Crippen LogP contribution in [0.5, 0.6) is 5.75 Å². The third kappa shape index (κ3) is 14.9. The molecule has 1 aromatic rings. The van der Waals surface area contributed by atoms with Gasteiger partial charge in [-0.2, -0.15) is 0 Å². The number of hydrogen-bond donors (Lipinski definition) is 2. The number of hydrogen-bond acceptors (Lipinski definition) is 6. The second-order valence-corrected chi connectivity index (χ2v) is 7.06. The van der Waals surface area contributed by atoms with Crippen LogP contribution in [0.2, 0.25) is 0 Å². The van der Waals surface area contributed by atoms with Crippen molar-refractivity contribution in [3.8, 4) is 5.75 Å². The minimum absolute atomic E-state index is 0.0182. The van der Waals surface area contributed by atoms with Crippen molar-refractivity contribution in [2.24, 2.45) is 11.3 Å². The molecule has 1 aromatic carbocycles. The fourth-order valence-corrected chi connectivity index (χ4v) is 1.97. The van der Waals surface area contributed by atoms with E-state index in [4.69, 9.17) is 20.5 Å². The molecular formula is C25H42N2O4. The van der Waals surface area contributed by atoms with Gasteiger partial charge < -0.3 is 19.6 Å². The van der Waals surface area contributed by atoms with Gasteiger partial charge in [0.2, 0.25) is 0 Å². The van der Waals surface area contributed by atoms with E-state index in [0.29, 0.717) is 5.57 Å². The molecule has 0 aromatic heterocycles. The van der Waals surface area contributed by atoms with E-state index in [-0.39, 0.29) is 24.3 Å². The van der Waals surface area contributed by atoms with Gasteiger partial charge in [0.05, 0.1) is 25.9 Å². The van der Waals surface area contributed by atoms with Gasteiger partial charge in [-0.25, -0.2) is 5.84 Å². The monoisotopic (exact) mass is 434 g/mol. The number of carbonyl (C=O) groups is 2. The summed E-state index contributed by atoms with van der Waals surface area (Å²) in [4.78, 5) is 20.0. The summed E-state index contributed by atoms with van der Waals surface area (Å²) in [5.74, 6) is 6.90. The number of benzene rings is 1. The predicted octanol–water partition coefficient (Wildman–Crippen LogP) is 4.67. The van der Waals surface area contributed by atoms with Crippen LogP contribution in [0.1, 0.15) is 47.1 Å². The maximum Gasteiger partial charge on any atom is 0.159 e. The Morgan fingerprint density at radius 3 is 2.19 bits per heavy atom. The highest BCUT2D eigenvalue weighted by Gasteiger charge is 2.23. The molecule has 0 saturated carbocycles. The first-order valence-corrected chi connectivity index (χ1v) is 10.2. The summed E-state index contributed by atoms with van der Waals surface area (Å²) in [5, 5.41) is 9.89. The summed E-state index contributed by atoms with van der Waals surface area (Å²) < 4.78 is 5.21. The molecule has 6 nitrogen and oxygen atoms in total. The van der Waals surface area contributed by atoms with Crippen LogP contribution in [0.15, 0.2) is 55.2 Å². The smallest absolute Gasteiger partial charge is 0.159 e. The van der Waals surface area contributed by atoms with Gasteiger partial charge >= 0.3 is 0 Å². The number of ether oxygens (including phenoxy) is 1. The van der Waals surface area contributed by atoms with Crippen LogP contribution < -0.4 is 15.6 Å². The first kappa shape index (κ1) is 33.0. The minimum atomic E-state index is -0.386. The molecule has 0 heterocycles. The van der Waals surface area contributed by atoms with E-state index in [9.17, 15) is 4.79 Å². The number of aryl methyl sites for hydroxylation is 1. The Hall–Kier alpha value is -2.70. The number of methoxy groups -OCH3 is 1. The average Bonchev–Trinajstić information content (AvgIpc) is 2.79. The van der Waals surface area contributed by atoms with Crippen LogP contribution in [-0.2, 0) is 16.0 Å². The van der Waals surface area contributed by atoms with E-state index in [2.05, 4.69) is 20.1 Å². The third-order valence-electron chi connectivity index (χ3n) is 3.80. The van der Waals surface area contributed by atoms with Crippen LogP contribution >= 0.6 is 0 Å². The molecule has 3 N–H and O–H groups in total. The molecule has 0 saturated heterocycles. The standard InChI is InChI=1S/C15H24N2O2.C7H10O.C2H6.CH2O/c1-6-11-7-8-12(19-5)9-13(11)17(16)10-14(18)15(2,3)4;1-3-4-5-7(2)6-8;2*1-2/h7-9H,6,10,16H2,1-5H3;3-5,8H,1-2,6H2;1-2H3;1H2/b;5-4-;;. The Balaban J connectivity index is -0.000000548. The maximum atomic E-state index is 12.0. The molecule has 0 spiro atoms. The lowest BCUT2D eigenvalue weighted by atomic mass is 9.90. The van der Waals surface area contributed by atoms with Crippen LogP contribution in [-0.4, -0.2) is 37.9 Å². The SMILES string of the molecule is C=C/C=C\C(=C)CO.C=O.CC.CCc1ccc(OC)cc1N(N)CC(=O)C(C)(C)C. The van der Waals surface area contributed by atoms with Crippen molar-refractivity contribution in [2.75, 3.05) is 25.3 Å². The molecule has 0 aliphatic heterocycles. The number of anilines is 1. The summed E-state index contributed by atoms with van der Waals surface area (Å²) in [6.07, 6.45) is 5.95. The Kier molecular flexibility index (Phi) is 20.5. The number of hydrazine groups is 1. The van der Waals surface area contributed by atoms with Crippen molar-refractivity contribution in [2.45, 2.75) is 48.0 Å². The van der Waals surface area contributed by atoms with Gasteiger partial charge in [-0.1, -0.05) is 79.0 Å². The molecule has 0 atom stereocenters. The molecule has 31 heavy (non-hydrogen) atoms. The van der Waals surface area contributed by atoms with Gasteiger partial charge in [0.25, 0.3) is 0 Å². The Morgan fingerprint density at radius 1 is 1.26 bits per heavy atom. The zero-order valence-electron chi connectivity index (χ0n) is 20.4. The number of carbonyl (C=O) groups excluding carboxylic acids is 2. The topological polar surface area (TPSA) is 92.9 Å². The van der Waals surface area contributed by atoms with Crippen molar-refractivity contribution >= 4 is 18.3 Å². The third-order valence-corrected chi connectivity index (χ3v) is 3.80. The van der Waals surface area contributed by atoms with E-state index in [1.165, 1.54) is 5.01 Å². The molecule has 1 rings (SSSR count). The number of allylic oxidation sites excluding steroid dienone is 2. The lowest BCUT2D eigenvalue weighted by molar-refractivity contribution is -0.124. The van der Waals surface area contributed by atoms with Crippen molar-refractivity contribution in [3.63, 3.8) is 0 Å². The first-order chi connectivity index (χ1) is 14.6. The second-order valence-electron chi connectivity index (χ2n) is 7.06. The lowest BCUT2D eigenvalue weighted by Crippen LogP contribution is -2.40. The Bertz CT molecular complexity index is 677. The maximum absolute atomic E-state index is 12.0. The molecule has 0 fully saturated rings. The summed E-state index contributed by atoms with van der Waals surface area (Å²) in [5.41, 5.74) is 2.26. The van der Waals surface area contributed by atoms with Gasteiger partial charge in [-0.05, 0) is 23.6 Å². The minimum Gasteiger partial charge on any atom is -0.497 e. The van der Waals surface area contributed by atoms with Crippen molar-refractivity contribution in [3.05, 3.63) is 60.7 Å². The summed E-state index contributed by atoms with van der Waals surface area (Å²) in [6, 6.07) is 5.76. The highest BCUT2D eigenvalue weighted by molar-refractivity contribution is 5.88. The summed E-state index contributed by atoms with van der Waals surface area (Å²) in [7, 11) is 1.62. The van der Waals surface area contributed by atoms with Gasteiger partial charge in [0.15, 0.2) is 5.78 Å². The van der Waals surface area contributed by atoms with Crippen LogP contribution in [0.4, 0.5) is 5.69 Å². The van der Waals surface area contributed by atoms with Crippen LogP contribution in [0.25, 0.3) is 0 Å². The predicted molar refractivity (Wildman–Crippen MR) is 132 cm³/mol. The summed E-state index contributed by atoms with van der Waals surface area (Å²) >= 11 is 0. The van der Waals surface area contributed by atoms with Gasteiger partial charge in [-0.3, -0.25) is 4.79 Å². The molecule has 6 heteroatoms. The molecule has 0 unspecified atom stereocenters. The van der Waals surface area contributed by atoms with E-state index in [1.54, 1.807) is 25.3 Å². The zero-order chi connectivity index (χ0) is 25.0. The molecule has 0 radical (unpaired) electrons. The van der Waals surface area contributed by atoms with Crippen molar-refractivity contribution in [1.82, 2.24) is 0 Å². The fraction of sp³-hybridized carbons (Fsp3) is 0.440. The molecular weight excluding hydrogens is 392 g/mol. The lowest BCUT2D eigenvalue weighted by Gasteiger charge is -2.25. The largest absolute Gasteiger partial charge is 0.497 e. The van der Waals surface area contributed by atoms with Crippen molar-refractivity contribution < 1.29 is 19.4 Å². The highest BCUT2D eigenvalue weighted by Crippen LogP contribution is 2.26. The Labute approximate surface area is 189 Å². The number of aliphatic hydroxyl groups excluding tert-OH is 1. The fourth-order valence-electron chi connectivity index (χ4n) is 1.97. The molecule has 0 amide bonds. The van der Waals surface area contributed by atoms with Crippen LogP contribution in [0.3, 0.4) is 0 Å². The quantitative estimate of drug-likeness (QED) is 0.351. The average molecular weight is 435 g/mol. The summed E-state index contributed by atoms with van der Waals surface area (Å²) in [6.45, 7) is 21.0. The first-order valence-electron chi connectivity index (χ1n) is 10.2. The van der Waals surface area contributed by atoms with E-state index in [0.717, 1.165) is 23.4 Å². The zero-order valence-corrected chi connectivity index (χ0v) is 20.4. The molecule has 0 aliphatic rings. The Morgan fingerprint density at radius 2 is 1.81 bits per heavy atom. The van der Waals surface area contributed by atoms with E-state index in [1.807, 2.05) is 59.6 Å². The molecule has 0 aliphatic carbocycles. The van der Waals surface area contributed by atoms with Gasteiger partial charge in [-0.15, -0.1) is 0 Å². The number of aliphatic hydroxyl groups is 1. The van der Waals surface area contributed by atoms with Crippen LogP contribution in [0, 0.1) is 5.41 Å². The van der Waals surface area contributed by atoms with Gasteiger partial charge in [0, 0.05) is 11.5 Å². The van der Waals surface area contributed by atoms with E-state index >= 15 is 0 Å². The normalized spacial score (nSPS) is 9.71.